The molecule has 0 spiro atoms. The lowest BCUT2D eigenvalue weighted by Gasteiger charge is -2.43. The van der Waals surface area contributed by atoms with E-state index in [1.165, 1.54) is 5.56 Å². The lowest BCUT2D eigenvalue weighted by molar-refractivity contribution is -0.132. The lowest BCUT2D eigenvalue weighted by atomic mass is 9.68. The van der Waals surface area contributed by atoms with Gasteiger partial charge in [-0.3, -0.25) is 4.79 Å². The summed E-state index contributed by atoms with van der Waals surface area (Å²) in [5, 5.41) is 8.47. The Labute approximate surface area is 165 Å². The Morgan fingerprint density at radius 1 is 1.30 bits per heavy atom. The quantitative estimate of drug-likeness (QED) is 0.826. The summed E-state index contributed by atoms with van der Waals surface area (Å²) in [5.41, 5.74) is 8.47. The highest BCUT2D eigenvalue weighted by Gasteiger charge is 2.38. The van der Waals surface area contributed by atoms with Crippen LogP contribution in [-0.4, -0.2) is 40.1 Å². The largest absolute Gasteiger partial charge is 0.340 e. The summed E-state index contributed by atoms with van der Waals surface area (Å²) in [7, 11) is 0. The third kappa shape index (κ3) is 4.66. The van der Waals surface area contributed by atoms with Crippen LogP contribution in [0.2, 0.25) is 5.02 Å². The second-order valence-electron chi connectivity index (χ2n) is 7.44. The average molecular weight is 387 g/mol. The number of carbonyl (C=O) groups is 1. The third-order valence-electron chi connectivity index (χ3n) is 5.87. The van der Waals surface area contributed by atoms with Gasteiger partial charge in [0, 0.05) is 42.7 Å². The van der Waals surface area contributed by atoms with E-state index in [0.717, 1.165) is 42.7 Å². The highest BCUT2D eigenvalue weighted by molar-refractivity contribution is 6.30. The first kappa shape index (κ1) is 19.8. The van der Waals surface area contributed by atoms with Gasteiger partial charge in [-0.1, -0.05) is 23.7 Å². The Hall–Kier alpha value is -1.98. The Morgan fingerprint density at radius 2 is 2.07 bits per heavy atom. The average Bonchev–Trinajstić information content (AvgIpc) is 2.69. The summed E-state index contributed by atoms with van der Waals surface area (Å²) in [6.45, 7) is 2.97. The van der Waals surface area contributed by atoms with Crippen molar-refractivity contribution in [1.29, 1.82) is 0 Å². The molecule has 0 unspecified atom stereocenters. The second-order valence-corrected chi connectivity index (χ2v) is 7.88. The van der Waals surface area contributed by atoms with E-state index in [0.29, 0.717) is 13.1 Å². The molecule has 3 rings (SSSR count). The molecule has 0 atom stereocenters. The molecule has 0 aliphatic heterocycles. The van der Waals surface area contributed by atoms with Crippen LogP contribution in [0.5, 0.6) is 0 Å². The van der Waals surface area contributed by atoms with Gasteiger partial charge in [0.25, 0.3) is 0 Å². The summed E-state index contributed by atoms with van der Waals surface area (Å²) < 4.78 is 0. The summed E-state index contributed by atoms with van der Waals surface area (Å²) in [4.78, 5) is 14.3. The number of aromatic nitrogens is 2. The van der Waals surface area contributed by atoms with Gasteiger partial charge in [0.1, 0.15) is 0 Å². The highest BCUT2D eigenvalue weighted by atomic mass is 35.5. The van der Waals surface area contributed by atoms with Gasteiger partial charge in [-0.25, -0.2) is 0 Å². The van der Waals surface area contributed by atoms with Crippen LogP contribution in [0.15, 0.2) is 42.7 Å². The van der Waals surface area contributed by atoms with Crippen LogP contribution in [0, 0.1) is 0 Å². The number of nitrogens with two attached hydrogens (primary N) is 1. The first-order chi connectivity index (χ1) is 13.0. The van der Waals surface area contributed by atoms with E-state index in [2.05, 4.69) is 16.3 Å². The summed E-state index contributed by atoms with van der Waals surface area (Å²) >= 11 is 6.20. The zero-order chi connectivity index (χ0) is 19.3. The highest BCUT2D eigenvalue weighted by Crippen LogP contribution is 2.40. The topological polar surface area (TPSA) is 72.1 Å². The van der Waals surface area contributed by atoms with Crippen molar-refractivity contribution in [2.75, 3.05) is 13.1 Å². The lowest BCUT2D eigenvalue weighted by Crippen LogP contribution is -2.47. The van der Waals surface area contributed by atoms with Crippen molar-refractivity contribution in [3.05, 3.63) is 58.9 Å². The molecule has 1 saturated carbocycles. The van der Waals surface area contributed by atoms with Gasteiger partial charge in [0.2, 0.25) is 5.91 Å². The van der Waals surface area contributed by atoms with Gasteiger partial charge in [-0.15, -0.1) is 0 Å². The molecule has 1 fully saturated rings. The molecule has 0 radical (unpaired) electrons. The molecule has 0 saturated heterocycles. The normalized spacial score (nSPS) is 22.4. The Balaban J connectivity index is 1.67. The van der Waals surface area contributed by atoms with E-state index in [9.17, 15) is 4.79 Å². The maximum Gasteiger partial charge on any atom is 0.219 e. The SMILES string of the molecule is CC(=O)N(CCc1ccnnc1)C1CCC(CN)(c2cccc(Cl)c2)CC1. The standard InChI is InChI=1S/C21H27ClN4O/c1-16(27)26(12-8-17-7-11-24-25-14-17)20-5-9-21(15-23,10-6-20)18-3-2-4-19(22)13-18/h2-4,7,11,13-14,20H,5-6,8-10,12,15,23H2,1H3. The Bertz CT molecular complexity index is 760. The molecule has 1 aromatic carbocycles. The molecule has 27 heavy (non-hydrogen) atoms. The van der Waals surface area contributed by atoms with Gasteiger partial charge < -0.3 is 10.6 Å². The molecule has 0 bridgehead atoms. The predicted octanol–water partition coefficient (Wildman–Crippen LogP) is 3.36. The summed E-state index contributed by atoms with van der Waals surface area (Å²) in [5.74, 6) is 0.130. The molecule has 2 N–H and O–H groups in total. The van der Waals surface area contributed by atoms with Crippen molar-refractivity contribution in [2.45, 2.75) is 50.5 Å². The van der Waals surface area contributed by atoms with Crippen molar-refractivity contribution in [1.82, 2.24) is 15.1 Å². The van der Waals surface area contributed by atoms with Crippen molar-refractivity contribution in [3.63, 3.8) is 0 Å². The molecule has 1 amide bonds. The molecule has 2 aromatic rings. The minimum atomic E-state index is -0.0428. The second kappa shape index (κ2) is 8.81. The first-order valence-corrected chi connectivity index (χ1v) is 9.91. The van der Waals surface area contributed by atoms with Crippen LogP contribution < -0.4 is 5.73 Å². The number of amides is 1. The minimum Gasteiger partial charge on any atom is -0.340 e. The van der Waals surface area contributed by atoms with E-state index in [4.69, 9.17) is 17.3 Å². The van der Waals surface area contributed by atoms with Crippen LogP contribution in [0.1, 0.15) is 43.7 Å². The van der Waals surface area contributed by atoms with Gasteiger partial charge >= 0.3 is 0 Å². The third-order valence-corrected chi connectivity index (χ3v) is 6.11. The number of benzene rings is 1. The molecular formula is C21H27ClN4O. The molecule has 6 heteroatoms. The number of halogens is 1. The zero-order valence-corrected chi connectivity index (χ0v) is 16.5. The van der Waals surface area contributed by atoms with E-state index < -0.39 is 0 Å². The molecule has 1 aliphatic rings. The number of rotatable bonds is 6. The number of hydrogen-bond acceptors (Lipinski definition) is 4. The Morgan fingerprint density at radius 3 is 2.67 bits per heavy atom. The number of carbonyl (C=O) groups excluding carboxylic acids is 1. The van der Waals surface area contributed by atoms with E-state index >= 15 is 0 Å². The van der Waals surface area contributed by atoms with Gasteiger partial charge in [-0.2, -0.15) is 10.2 Å². The van der Waals surface area contributed by atoms with Crippen molar-refractivity contribution < 1.29 is 4.79 Å². The fraction of sp³-hybridized carbons (Fsp3) is 0.476. The zero-order valence-electron chi connectivity index (χ0n) is 15.8. The van der Waals surface area contributed by atoms with Crippen LogP contribution in [0.3, 0.4) is 0 Å². The molecule has 5 nitrogen and oxygen atoms in total. The minimum absolute atomic E-state index is 0.0428. The van der Waals surface area contributed by atoms with Crippen LogP contribution >= 0.6 is 11.6 Å². The van der Waals surface area contributed by atoms with Crippen molar-refractivity contribution >= 4 is 17.5 Å². The molecule has 144 valence electrons. The maximum atomic E-state index is 12.3. The van der Waals surface area contributed by atoms with Crippen molar-refractivity contribution in [3.8, 4) is 0 Å². The number of hydrogen-bond donors (Lipinski definition) is 1. The molecule has 1 aliphatic carbocycles. The van der Waals surface area contributed by atoms with E-state index in [1.54, 1.807) is 19.3 Å². The monoisotopic (exact) mass is 386 g/mol. The molecular weight excluding hydrogens is 360 g/mol. The summed E-state index contributed by atoms with van der Waals surface area (Å²) in [6, 6.07) is 10.3. The fourth-order valence-electron chi connectivity index (χ4n) is 4.21. The van der Waals surface area contributed by atoms with E-state index in [1.807, 2.05) is 29.2 Å². The van der Waals surface area contributed by atoms with Crippen LogP contribution in [-0.2, 0) is 16.6 Å². The van der Waals surface area contributed by atoms with Crippen LogP contribution in [0.4, 0.5) is 0 Å². The molecule has 1 aromatic heterocycles. The van der Waals surface area contributed by atoms with Crippen molar-refractivity contribution in [2.24, 2.45) is 5.73 Å². The smallest absolute Gasteiger partial charge is 0.219 e. The Kier molecular flexibility index (Phi) is 6.45. The summed E-state index contributed by atoms with van der Waals surface area (Å²) in [6.07, 6.45) is 8.09. The number of nitrogens with zero attached hydrogens (tertiary/aromatic N) is 3. The van der Waals surface area contributed by atoms with Gasteiger partial charge in [0.05, 0.1) is 6.20 Å². The first-order valence-electron chi connectivity index (χ1n) is 9.53. The van der Waals surface area contributed by atoms with Crippen LogP contribution in [0.25, 0.3) is 0 Å². The van der Waals surface area contributed by atoms with Gasteiger partial charge in [-0.05, 0) is 61.4 Å². The fourth-order valence-corrected chi connectivity index (χ4v) is 4.40. The predicted molar refractivity (Wildman–Crippen MR) is 108 cm³/mol. The maximum absolute atomic E-state index is 12.3. The molecule has 1 heterocycles. The van der Waals surface area contributed by atoms with Gasteiger partial charge in [0.15, 0.2) is 0 Å². The van der Waals surface area contributed by atoms with E-state index in [-0.39, 0.29) is 17.4 Å².